The van der Waals surface area contributed by atoms with Gasteiger partial charge in [0.1, 0.15) is 6.10 Å². The third kappa shape index (κ3) is 3.59. The fourth-order valence-corrected chi connectivity index (χ4v) is 3.17. The number of rotatable bonds is 2. The van der Waals surface area contributed by atoms with Crippen LogP contribution >= 0.6 is 0 Å². The lowest BCUT2D eigenvalue weighted by atomic mass is 10.0. The molecule has 1 saturated heterocycles. The maximum absolute atomic E-state index is 12.6. The first-order chi connectivity index (χ1) is 12.1. The third-order valence-electron chi connectivity index (χ3n) is 4.54. The monoisotopic (exact) mass is 338 g/mol. The number of amides is 1. The SMILES string of the molecule is Cc1c(C(=O)NCC#C[C@@H]2CCCCO2)c2ccccc2n(C)c1=O. The molecule has 0 aliphatic carbocycles. The number of carbonyl (C=O) groups excluding carboxylic acids is 1. The van der Waals surface area contributed by atoms with Crippen LogP contribution in [0, 0.1) is 18.8 Å². The summed E-state index contributed by atoms with van der Waals surface area (Å²) in [6.07, 6.45) is 3.13. The van der Waals surface area contributed by atoms with E-state index in [0.717, 1.165) is 36.8 Å². The molecule has 130 valence electrons. The van der Waals surface area contributed by atoms with Gasteiger partial charge in [-0.3, -0.25) is 9.59 Å². The first-order valence-electron chi connectivity index (χ1n) is 8.56. The van der Waals surface area contributed by atoms with Crippen LogP contribution in [0.1, 0.15) is 35.2 Å². The molecule has 2 aromatic rings. The van der Waals surface area contributed by atoms with Gasteiger partial charge >= 0.3 is 0 Å². The number of pyridine rings is 1. The predicted molar refractivity (Wildman–Crippen MR) is 97.6 cm³/mol. The minimum atomic E-state index is -0.273. The van der Waals surface area contributed by atoms with Gasteiger partial charge in [0.25, 0.3) is 11.5 Å². The fourth-order valence-electron chi connectivity index (χ4n) is 3.17. The van der Waals surface area contributed by atoms with Crippen LogP contribution in [0.25, 0.3) is 10.9 Å². The summed E-state index contributed by atoms with van der Waals surface area (Å²) in [4.78, 5) is 25.0. The Morgan fingerprint density at radius 3 is 2.92 bits per heavy atom. The Morgan fingerprint density at radius 1 is 1.36 bits per heavy atom. The van der Waals surface area contributed by atoms with Crippen molar-refractivity contribution >= 4 is 16.8 Å². The van der Waals surface area contributed by atoms with Crippen molar-refractivity contribution in [2.75, 3.05) is 13.2 Å². The van der Waals surface area contributed by atoms with Gasteiger partial charge < -0.3 is 14.6 Å². The largest absolute Gasteiger partial charge is 0.366 e. The summed E-state index contributed by atoms with van der Waals surface area (Å²) in [5.74, 6) is 5.73. The van der Waals surface area contributed by atoms with Gasteiger partial charge in [0.15, 0.2) is 0 Å². The molecule has 3 rings (SSSR count). The zero-order valence-corrected chi connectivity index (χ0v) is 14.6. The van der Waals surface area contributed by atoms with E-state index in [4.69, 9.17) is 4.74 Å². The van der Waals surface area contributed by atoms with Crippen molar-refractivity contribution in [3.05, 3.63) is 45.7 Å². The number of carbonyl (C=O) groups is 1. The van der Waals surface area contributed by atoms with Gasteiger partial charge in [0.2, 0.25) is 0 Å². The van der Waals surface area contributed by atoms with Gasteiger partial charge in [-0.25, -0.2) is 0 Å². The van der Waals surface area contributed by atoms with Crippen LogP contribution in [-0.2, 0) is 11.8 Å². The molecule has 1 aromatic carbocycles. The van der Waals surface area contributed by atoms with E-state index in [9.17, 15) is 9.59 Å². The summed E-state index contributed by atoms with van der Waals surface area (Å²) < 4.78 is 7.12. The van der Waals surface area contributed by atoms with Crippen molar-refractivity contribution in [2.24, 2.45) is 7.05 Å². The summed E-state index contributed by atoms with van der Waals surface area (Å²) in [6.45, 7) is 2.68. The minimum Gasteiger partial charge on any atom is -0.366 e. The van der Waals surface area contributed by atoms with Crippen LogP contribution in [-0.4, -0.2) is 29.7 Å². The summed E-state index contributed by atoms with van der Waals surface area (Å²) in [6, 6.07) is 7.42. The van der Waals surface area contributed by atoms with Crippen LogP contribution in [0.15, 0.2) is 29.1 Å². The maximum atomic E-state index is 12.6. The van der Waals surface area contributed by atoms with Crippen molar-refractivity contribution in [3.63, 3.8) is 0 Å². The van der Waals surface area contributed by atoms with E-state index >= 15 is 0 Å². The highest BCUT2D eigenvalue weighted by Crippen LogP contribution is 2.19. The lowest BCUT2D eigenvalue weighted by Crippen LogP contribution is -2.30. The normalized spacial score (nSPS) is 17.0. The molecule has 0 saturated carbocycles. The molecule has 1 N–H and O–H groups in total. The van der Waals surface area contributed by atoms with Crippen LogP contribution < -0.4 is 10.9 Å². The number of nitrogens with one attached hydrogen (secondary N) is 1. The van der Waals surface area contributed by atoms with Gasteiger partial charge in [-0.05, 0) is 32.3 Å². The highest BCUT2D eigenvalue weighted by Gasteiger charge is 2.17. The zero-order valence-electron chi connectivity index (χ0n) is 14.6. The first kappa shape index (κ1) is 17.2. The number of aromatic nitrogens is 1. The quantitative estimate of drug-likeness (QED) is 0.854. The average molecular weight is 338 g/mol. The molecule has 1 aromatic heterocycles. The topological polar surface area (TPSA) is 60.3 Å². The fraction of sp³-hybridized carbons (Fsp3) is 0.400. The van der Waals surface area contributed by atoms with E-state index in [1.807, 2.05) is 24.3 Å². The highest BCUT2D eigenvalue weighted by atomic mass is 16.5. The first-order valence-corrected chi connectivity index (χ1v) is 8.56. The van der Waals surface area contributed by atoms with Crippen molar-refractivity contribution in [3.8, 4) is 11.8 Å². The molecule has 0 bridgehead atoms. The lowest BCUT2D eigenvalue weighted by molar-refractivity contribution is 0.0525. The summed E-state index contributed by atoms with van der Waals surface area (Å²) in [7, 11) is 1.72. The molecule has 0 spiro atoms. The number of hydrogen-bond acceptors (Lipinski definition) is 3. The molecule has 5 heteroatoms. The number of para-hydroxylation sites is 1. The standard InChI is InChI=1S/C20H22N2O3/c1-14-18(16-10-3-4-11-17(16)22(2)20(14)24)19(23)21-12-7-9-15-8-5-6-13-25-15/h3-4,10-11,15H,5-6,8,12-13H2,1-2H3,(H,21,23)/t15-/m0/s1. The molecule has 0 radical (unpaired) electrons. The number of ether oxygens (including phenoxy) is 1. The molecular formula is C20H22N2O3. The van der Waals surface area contributed by atoms with Crippen LogP contribution in [0.5, 0.6) is 0 Å². The molecular weight excluding hydrogens is 316 g/mol. The second kappa shape index (κ2) is 7.54. The molecule has 1 fully saturated rings. The second-order valence-electron chi connectivity index (χ2n) is 6.24. The van der Waals surface area contributed by atoms with Gasteiger partial charge in [-0.1, -0.05) is 30.0 Å². The Hall–Kier alpha value is -2.58. The number of hydrogen-bond donors (Lipinski definition) is 1. The zero-order chi connectivity index (χ0) is 17.8. The lowest BCUT2D eigenvalue weighted by Gasteiger charge is -2.17. The van der Waals surface area contributed by atoms with Crippen LogP contribution in [0.2, 0.25) is 0 Å². The molecule has 2 heterocycles. The second-order valence-corrected chi connectivity index (χ2v) is 6.24. The average Bonchev–Trinajstić information content (AvgIpc) is 2.64. The van der Waals surface area contributed by atoms with Crippen molar-refractivity contribution in [1.82, 2.24) is 9.88 Å². The van der Waals surface area contributed by atoms with E-state index in [0.29, 0.717) is 11.1 Å². The molecule has 1 aliphatic heterocycles. The van der Waals surface area contributed by atoms with Gasteiger partial charge in [0.05, 0.1) is 17.6 Å². The van der Waals surface area contributed by atoms with E-state index < -0.39 is 0 Å². The van der Waals surface area contributed by atoms with E-state index in [-0.39, 0.29) is 24.1 Å². The van der Waals surface area contributed by atoms with Gasteiger partial charge in [-0.2, -0.15) is 0 Å². The van der Waals surface area contributed by atoms with Crippen molar-refractivity contribution in [1.29, 1.82) is 0 Å². The highest BCUT2D eigenvalue weighted by molar-refractivity contribution is 6.07. The van der Waals surface area contributed by atoms with Crippen LogP contribution in [0.3, 0.4) is 0 Å². The summed E-state index contributed by atoms with van der Waals surface area (Å²) >= 11 is 0. The molecule has 5 nitrogen and oxygen atoms in total. The number of nitrogens with zero attached hydrogens (tertiary/aromatic N) is 1. The number of aryl methyl sites for hydroxylation is 1. The number of fused-ring (bicyclic) bond motifs is 1. The van der Waals surface area contributed by atoms with Gasteiger partial charge in [-0.15, -0.1) is 0 Å². The number of benzene rings is 1. The molecule has 25 heavy (non-hydrogen) atoms. The van der Waals surface area contributed by atoms with Crippen LogP contribution in [0.4, 0.5) is 0 Å². The van der Waals surface area contributed by atoms with E-state index in [1.165, 1.54) is 0 Å². The Balaban J connectivity index is 1.81. The Bertz CT molecular complexity index is 912. The Labute approximate surface area is 147 Å². The minimum absolute atomic E-state index is 0.0303. The van der Waals surface area contributed by atoms with Crippen molar-refractivity contribution < 1.29 is 9.53 Å². The van der Waals surface area contributed by atoms with Crippen molar-refractivity contribution in [2.45, 2.75) is 32.3 Å². The third-order valence-corrected chi connectivity index (χ3v) is 4.54. The Morgan fingerprint density at radius 2 is 2.16 bits per heavy atom. The molecule has 1 aliphatic rings. The molecule has 1 amide bonds. The summed E-state index contributed by atoms with van der Waals surface area (Å²) in [5.41, 5.74) is 1.45. The summed E-state index contributed by atoms with van der Waals surface area (Å²) in [5, 5.41) is 3.57. The van der Waals surface area contributed by atoms with Gasteiger partial charge in [0, 0.05) is 24.6 Å². The molecule has 1 atom stereocenters. The maximum Gasteiger partial charge on any atom is 0.254 e. The predicted octanol–water partition coefficient (Wildman–Crippen LogP) is 2.15. The van der Waals surface area contributed by atoms with E-state index in [2.05, 4.69) is 17.2 Å². The molecule has 0 unspecified atom stereocenters. The Kier molecular flexibility index (Phi) is 5.20. The van der Waals surface area contributed by atoms with E-state index in [1.54, 1.807) is 18.5 Å². The smallest absolute Gasteiger partial charge is 0.254 e.